The number of aliphatic hydroxyl groups excluding tert-OH is 2. The van der Waals surface area contributed by atoms with E-state index in [-0.39, 0.29) is 42.3 Å². The summed E-state index contributed by atoms with van der Waals surface area (Å²) in [7, 11) is 0. The Labute approximate surface area is 329 Å². The number of para-hydroxylation sites is 2. The number of benzene rings is 2. The van der Waals surface area contributed by atoms with Crippen LogP contribution in [-0.4, -0.2) is 92.1 Å². The van der Waals surface area contributed by atoms with Crippen molar-refractivity contribution in [2.45, 2.75) is 71.0 Å². The summed E-state index contributed by atoms with van der Waals surface area (Å²) in [5.74, 6) is 0.528. The standard InChI is InChI=1S/2C16H20N2OS2.C5H12O2.V/c2*1-21-16(20)13-6-4-7-14(13)18-10-9-17-11-12-5-2-3-8-15(12)19;1-4(6)3-5(2)7;/h2*2-3,5,8,11,18-19H,4,6-7,9-10H2,1H3;4-7H,3H2,1-2H3;. The van der Waals surface area contributed by atoms with Gasteiger partial charge >= 0.3 is 0 Å². The van der Waals surface area contributed by atoms with Crippen LogP contribution >= 0.6 is 48.0 Å². The molecule has 0 amide bonds. The average molecular weight is 796 g/mol. The van der Waals surface area contributed by atoms with Crippen LogP contribution in [0.1, 0.15) is 69.9 Å². The number of nitrogens with zero attached hydrogens (tertiary/aromatic N) is 2. The van der Waals surface area contributed by atoms with Crippen LogP contribution in [-0.2, 0) is 18.6 Å². The van der Waals surface area contributed by atoms with Gasteiger partial charge < -0.3 is 31.1 Å². The predicted molar refractivity (Wildman–Crippen MR) is 219 cm³/mol. The molecular weight excluding hydrogens is 744 g/mol. The van der Waals surface area contributed by atoms with Crippen molar-refractivity contribution in [1.82, 2.24) is 10.6 Å². The van der Waals surface area contributed by atoms with Gasteiger partial charge in [-0.1, -0.05) is 48.7 Å². The number of aliphatic hydroxyl groups is 2. The number of hydrogen-bond acceptors (Lipinski definition) is 12. The van der Waals surface area contributed by atoms with E-state index in [2.05, 4.69) is 20.6 Å². The van der Waals surface area contributed by atoms with Gasteiger partial charge in [0.2, 0.25) is 0 Å². The fraction of sp³-hybridized carbons (Fsp3) is 0.459. The second kappa shape index (κ2) is 26.6. The first-order chi connectivity index (χ1) is 23.6. The first-order valence-corrected chi connectivity index (χ1v) is 19.8. The van der Waals surface area contributed by atoms with Crippen LogP contribution in [0.3, 0.4) is 0 Å². The summed E-state index contributed by atoms with van der Waals surface area (Å²) in [5.41, 5.74) is 6.69. The van der Waals surface area contributed by atoms with E-state index in [9.17, 15) is 10.2 Å². The molecule has 2 aromatic rings. The number of allylic oxidation sites excluding steroid dienone is 2. The zero-order chi connectivity index (χ0) is 36.0. The average Bonchev–Trinajstić information content (AvgIpc) is 3.75. The van der Waals surface area contributed by atoms with E-state index < -0.39 is 0 Å². The molecule has 1 radical (unpaired) electrons. The van der Waals surface area contributed by atoms with Crippen molar-refractivity contribution < 1.29 is 39.0 Å². The van der Waals surface area contributed by atoms with E-state index in [1.807, 2.05) is 36.8 Å². The van der Waals surface area contributed by atoms with Gasteiger partial charge in [-0.05, 0) is 107 Å². The molecule has 50 heavy (non-hydrogen) atoms. The second-order valence-corrected chi connectivity index (χ2v) is 14.5. The molecule has 6 N–H and O–H groups in total. The van der Waals surface area contributed by atoms with Crippen LogP contribution < -0.4 is 10.6 Å². The number of aromatic hydroxyl groups is 2. The summed E-state index contributed by atoms with van der Waals surface area (Å²) < 4.78 is 2.01. The van der Waals surface area contributed by atoms with Gasteiger partial charge in [0, 0.05) is 66.6 Å². The monoisotopic (exact) mass is 795 g/mol. The molecule has 0 bridgehead atoms. The Bertz CT molecular complexity index is 1360. The van der Waals surface area contributed by atoms with Gasteiger partial charge in [0.15, 0.2) is 0 Å². The molecule has 0 saturated heterocycles. The van der Waals surface area contributed by atoms with Gasteiger partial charge in [-0.25, -0.2) is 0 Å². The molecule has 2 aliphatic rings. The SMILES string of the molecule is CC(O)CC(C)O.CSC(=S)C1=C(NCCN=Cc2ccccc2O)CCC1.CSC(=S)C1=C(NCCN=Cc2ccccc2O)CCC1.[V]. The number of thiocarbonyl (C=S) groups is 2. The zero-order valence-electron chi connectivity index (χ0n) is 29.5. The Balaban J connectivity index is 0.000000414. The van der Waals surface area contributed by atoms with Crippen LogP contribution in [0.5, 0.6) is 11.5 Å². The van der Waals surface area contributed by atoms with Gasteiger partial charge in [0.25, 0.3) is 0 Å². The Morgan fingerprint density at radius 3 is 1.42 bits per heavy atom. The minimum absolute atomic E-state index is 0. The molecule has 2 aliphatic carbocycles. The molecule has 0 heterocycles. The normalized spacial score (nSPS) is 15.2. The number of hydrogen-bond donors (Lipinski definition) is 6. The van der Waals surface area contributed by atoms with Gasteiger partial charge in [-0.3, -0.25) is 9.98 Å². The number of thioether (sulfide) groups is 2. The largest absolute Gasteiger partial charge is 0.507 e. The Morgan fingerprint density at radius 1 is 0.720 bits per heavy atom. The molecule has 4 rings (SSSR count). The van der Waals surface area contributed by atoms with Crippen LogP contribution in [0, 0.1) is 0 Å². The molecule has 8 nitrogen and oxygen atoms in total. The number of aliphatic imine (C=N–C) groups is 2. The molecule has 0 aliphatic heterocycles. The summed E-state index contributed by atoms with van der Waals surface area (Å²) in [4.78, 5) is 8.69. The van der Waals surface area contributed by atoms with Crippen molar-refractivity contribution in [2.24, 2.45) is 9.98 Å². The van der Waals surface area contributed by atoms with Crippen molar-refractivity contribution in [2.75, 3.05) is 38.7 Å². The van der Waals surface area contributed by atoms with E-state index in [4.69, 9.17) is 34.6 Å². The van der Waals surface area contributed by atoms with E-state index in [1.165, 1.54) is 35.4 Å². The van der Waals surface area contributed by atoms with Gasteiger partial charge in [-0.15, -0.1) is 23.5 Å². The van der Waals surface area contributed by atoms with E-state index in [0.29, 0.717) is 19.5 Å². The van der Waals surface area contributed by atoms with Crippen LogP contribution in [0.2, 0.25) is 0 Å². The number of nitrogens with one attached hydrogen (secondary N) is 2. The second-order valence-electron chi connectivity index (χ2n) is 11.6. The number of phenols is 2. The van der Waals surface area contributed by atoms with Crippen molar-refractivity contribution in [1.29, 1.82) is 0 Å². The summed E-state index contributed by atoms with van der Waals surface area (Å²) in [5, 5.41) is 43.3. The van der Waals surface area contributed by atoms with Gasteiger partial charge in [-0.2, -0.15) is 0 Å². The fourth-order valence-electron chi connectivity index (χ4n) is 5.13. The maximum absolute atomic E-state index is 9.63. The third kappa shape index (κ3) is 17.9. The van der Waals surface area contributed by atoms with Gasteiger partial charge in [0.1, 0.15) is 11.5 Å². The third-order valence-electron chi connectivity index (χ3n) is 7.47. The van der Waals surface area contributed by atoms with Crippen molar-refractivity contribution in [3.8, 4) is 11.5 Å². The first-order valence-electron chi connectivity index (χ1n) is 16.6. The summed E-state index contributed by atoms with van der Waals surface area (Å²) in [6, 6.07) is 14.4. The quantitative estimate of drug-likeness (QED) is 0.0664. The molecular formula is C37H52N4O4S4V. The van der Waals surface area contributed by atoms with Crippen LogP contribution in [0.4, 0.5) is 0 Å². The molecule has 13 heteroatoms. The number of rotatable bonds is 14. The van der Waals surface area contributed by atoms with Crippen molar-refractivity contribution in [3.63, 3.8) is 0 Å². The molecule has 0 aromatic heterocycles. The van der Waals surface area contributed by atoms with Crippen LogP contribution in [0.25, 0.3) is 0 Å². The predicted octanol–water partition coefficient (Wildman–Crippen LogP) is 7.19. The van der Waals surface area contributed by atoms with Gasteiger partial charge in [0.05, 0.1) is 33.7 Å². The van der Waals surface area contributed by atoms with E-state index >= 15 is 0 Å². The number of phenolic OH excluding ortho intramolecular Hbond substituents is 2. The maximum Gasteiger partial charge on any atom is 0.124 e. The summed E-state index contributed by atoms with van der Waals surface area (Å²) >= 11 is 14.0. The first kappa shape index (κ1) is 45.9. The molecule has 0 saturated carbocycles. The topological polar surface area (TPSA) is 130 Å². The molecule has 0 fully saturated rings. The van der Waals surface area contributed by atoms with Crippen LogP contribution in [0.15, 0.2) is 81.1 Å². The molecule has 2 aromatic carbocycles. The van der Waals surface area contributed by atoms with E-state index in [1.54, 1.807) is 74.1 Å². The van der Waals surface area contributed by atoms with E-state index in [0.717, 1.165) is 58.3 Å². The smallest absolute Gasteiger partial charge is 0.124 e. The summed E-state index contributed by atoms with van der Waals surface area (Å²) in [6.07, 6.45) is 13.9. The Morgan fingerprint density at radius 2 is 1.10 bits per heavy atom. The van der Waals surface area contributed by atoms with Crippen molar-refractivity contribution >= 4 is 68.8 Å². The van der Waals surface area contributed by atoms with Crippen molar-refractivity contribution in [3.05, 3.63) is 82.2 Å². The fourth-order valence-corrected chi connectivity index (χ4v) is 6.52. The molecule has 2 unspecified atom stereocenters. The Hall–Kier alpha value is -2.16. The summed E-state index contributed by atoms with van der Waals surface area (Å²) in [6.45, 7) is 6.26. The zero-order valence-corrected chi connectivity index (χ0v) is 34.1. The minimum atomic E-state index is -0.375. The minimum Gasteiger partial charge on any atom is -0.507 e. The molecule has 2 atom stereocenters. The molecule has 0 spiro atoms. The molecule has 273 valence electrons. The third-order valence-corrected chi connectivity index (χ3v) is 10.2. The maximum atomic E-state index is 9.63. The Kier molecular flexibility index (Phi) is 24.4.